The quantitative estimate of drug-likeness (QED) is 0.764. The summed E-state index contributed by atoms with van der Waals surface area (Å²) in [5.74, 6) is -0.551. The molecule has 2 aromatic carbocycles. The van der Waals surface area contributed by atoms with Crippen molar-refractivity contribution in [3.8, 4) is 5.75 Å². The highest BCUT2D eigenvalue weighted by Crippen LogP contribution is 2.31. The largest absolute Gasteiger partial charge is 0.497 e. The van der Waals surface area contributed by atoms with E-state index in [4.69, 9.17) is 4.74 Å². The molecule has 0 radical (unpaired) electrons. The average Bonchev–Trinajstić information content (AvgIpc) is 2.97. The molecule has 0 aliphatic carbocycles. The molecule has 0 bridgehead atoms. The van der Waals surface area contributed by atoms with Gasteiger partial charge in [-0.25, -0.2) is 13.2 Å². The average molecular weight is 404 g/mol. The Hall–Kier alpha value is -2.74. The number of anilines is 2. The topological polar surface area (TPSA) is 95.9 Å². The molecular formula is C20H24N2O5S. The van der Waals surface area contributed by atoms with E-state index in [2.05, 4.69) is 9.62 Å². The molecule has 8 heteroatoms. The van der Waals surface area contributed by atoms with E-state index in [0.717, 1.165) is 38.8 Å². The predicted octanol–water partition coefficient (Wildman–Crippen LogP) is 3.57. The third kappa shape index (κ3) is 4.56. The molecule has 150 valence electrons. The van der Waals surface area contributed by atoms with Crippen LogP contribution in [0, 0.1) is 0 Å². The van der Waals surface area contributed by atoms with Crippen molar-refractivity contribution in [3.63, 3.8) is 0 Å². The Morgan fingerprint density at radius 3 is 2.25 bits per heavy atom. The highest BCUT2D eigenvalue weighted by molar-refractivity contribution is 7.92. The van der Waals surface area contributed by atoms with Gasteiger partial charge < -0.3 is 14.7 Å². The number of methoxy groups -OCH3 is 1. The third-order valence-electron chi connectivity index (χ3n) is 4.80. The molecule has 1 heterocycles. The van der Waals surface area contributed by atoms with Gasteiger partial charge in [-0.1, -0.05) is 12.8 Å². The van der Waals surface area contributed by atoms with E-state index in [1.54, 1.807) is 18.2 Å². The molecule has 28 heavy (non-hydrogen) atoms. The van der Waals surface area contributed by atoms with Gasteiger partial charge in [-0.2, -0.15) is 0 Å². The first-order valence-electron chi connectivity index (χ1n) is 9.20. The lowest BCUT2D eigenvalue weighted by Gasteiger charge is -2.26. The van der Waals surface area contributed by atoms with Crippen LogP contribution in [-0.4, -0.2) is 39.7 Å². The van der Waals surface area contributed by atoms with Crippen molar-refractivity contribution < 1.29 is 23.1 Å². The van der Waals surface area contributed by atoms with Crippen molar-refractivity contribution in [1.82, 2.24) is 0 Å². The van der Waals surface area contributed by atoms with Crippen LogP contribution in [0.15, 0.2) is 47.4 Å². The van der Waals surface area contributed by atoms with Gasteiger partial charge in [-0.05, 0) is 55.3 Å². The van der Waals surface area contributed by atoms with Gasteiger partial charge in [0.25, 0.3) is 10.0 Å². The first-order chi connectivity index (χ1) is 13.4. The number of hydrogen-bond donors (Lipinski definition) is 2. The van der Waals surface area contributed by atoms with Crippen LogP contribution >= 0.6 is 0 Å². The molecule has 1 fully saturated rings. The number of sulfonamides is 1. The minimum Gasteiger partial charge on any atom is -0.497 e. The molecule has 0 amide bonds. The number of carboxylic acid groups (broad SMARTS) is 1. The number of rotatable bonds is 6. The molecule has 0 aromatic heterocycles. The molecule has 0 spiro atoms. The summed E-state index contributed by atoms with van der Waals surface area (Å²) in [5.41, 5.74) is 1.01. The van der Waals surface area contributed by atoms with E-state index in [1.165, 1.54) is 31.4 Å². The van der Waals surface area contributed by atoms with E-state index < -0.39 is 16.0 Å². The normalized spacial score (nSPS) is 15.0. The van der Waals surface area contributed by atoms with Crippen molar-refractivity contribution in [2.45, 2.75) is 30.6 Å². The van der Waals surface area contributed by atoms with Crippen molar-refractivity contribution in [2.75, 3.05) is 29.8 Å². The van der Waals surface area contributed by atoms with Gasteiger partial charge in [0.2, 0.25) is 0 Å². The zero-order chi connectivity index (χ0) is 20.1. The number of carboxylic acids is 1. The molecule has 7 nitrogen and oxygen atoms in total. The van der Waals surface area contributed by atoms with Gasteiger partial charge in [-0.3, -0.25) is 4.72 Å². The number of carbonyl (C=O) groups is 1. The van der Waals surface area contributed by atoms with Crippen LogP contribution in [0.5, 0.6) is 5.75 Å². The fourth-order valence-electron chi connectivity index (χ4n) is 3.30. The Morgan fingerprint density at radius 2 is 1.68 bits per heavy atom. The van der Waals surface area contributed by atoms with E-state index >= 15 is 0 Å². The van der Waals surface area contributed by atoms with E-state index in [9.17, 15) is 18.3 Å². The highest BCUT2D eigenvalue weighted by Gasteiger charge is 2.21. The Morgan fingerprint density at radius 1 is 1.04 bits per heavy atom. The lowest BCUT2D eigenvalue weighted by atomic mass is 10.1. The number of aromatic carboxylic acids is 1. The van der Waals surface area contributed by atoms with E-state index in [1.807, 2.05) is 0 Å². The fraction of sp³-hybridized carbons (Fsp3) is 0.350. The van der Waals surface area contributed by atoms with Gasteiger partial charge in [0.05, 0.1) is 28.9 Å². The van der Waals surface area contributed by atoms with Gasteiger partial charge in [-0.15, -0.1) is 0 Å². The zero-order valence-electron chi connectivity index (χ0n) is 15.7. The lowest BCUT2D eigenvalue weighted by molar-refractivity contribution is 0.0697. The van der Waals surface area contributed by atoms with Crippen LogP contribution in [0.2, 0.25) is 0 Å². The van der Waals surface area contributed by atoms with Crippen LogP contribution in [0.1, 0.15) is 36.0 Å². The summed E-state index contributed by atoms with van der Waals surface area (Å²) in [5, 5.41) is 9.32. The second-order valence-electron chi connectivity index (χ2n) is 6.72. The maximum absolute atomic E-state index is 12.9. The minimum atomic E-state index is -3.88. The smallest absolute Gasteiger partial charge is 0.335 e. The molecule has 0 unspecified atom stereocenters. The van der Waals surface area contributed by atoms with Crippen molar-refractivity contribution in [3.05, 3.63) is 48.0 Å². The highest BCUT2D eigenvalue weighted by atomic mass is 32.2. The predicted molar refractivity (Wildman–Crippen MR) is 108 cm³/mol. The first-order valence-corrected chi connectivity index (χ1v) is 10.7. The summed E-state index contributed by atoms with van der Waals surface area (Å²) in [6.45, 7) is 1.62. The number of ether oxygens (including phenoxy) is 1. The maximum Gasteiger partial charge on any atom is 0.335 e. The summed E-state index contributed by atoms with van der Waals surface area (Å²) in [7, 11) is -2.37. The number of benzene rings is 2. The van der Waals surface area contributed by atoms with Crippen molar-refractivity contribution in [1.29, 1.82) is 0 Å². The summed E-state index contributed by atoms with van der Waals surface area (Å²) >= 11 is 0. The second kappa shape index (κ2) is 8.52. The Bertz CT molecular complexity index is 934. The molecule has 2 N–H and O–H groups in total. The van der Waals surface area contributed by atoms with Crippen LogP contribution in [-0.2, 0) is 10.0 Å². The minimum absolute atomic E-state index is 0.0333. The zero-order valence-corrected chi connectivity index (χ0v) is 16.5. The molecule has 2 aromatic rings. The van der Waals surface area contributed by atoms with Crippen LogP contribution < -0.4 is 14.4 Å². The molecule has 1 saturated heterocycles. The molecule has 0 atom stereocenters. The van der Waals surface area contributed by atoms with Crippen molar-refractivity contribution >= 4 is 27.4 Å². The molecule has 3 rings (SSSR count). The summed E-state index contributed by atoms with van der Waals surface area (Å²) in [4.78, 5) is 13.6. The number of nitrogens with zero attached hydrogens (tertiary/aromatic N) is 1. The Balaban J connectivity index is 1.97. The maximum atomic E-state index is 12.9. The molecular weight excluding hydrogens is 380 g/mol. The van der Waals surface area contributed by atoms with Crippen LogP contribution in [0.25, 0.3) is 0 Å². The number of hydrogen-bond acceptors (Lipinski definition) is 5. The monoisotopic (exact) mass is 404 g/mol. The summed E-state index contributed by atoms with van der Waals surface area (Å²) < 4.78 is 33.4. The number of nitrogens with one attached hydrogen (secondary N) is 1. The van der Waals surface area contributed by atoms with Gasteiger partial charge in [0.15, 0.2) is 0 Å². The second-order valence-corrected chi connectivity index (χ2v) is 8.40. The van der Waals surface area contributed by atoms with Crippen LogP contribution in [0.4, 0.5) is 11.4 Å². The van der Waals surface area contributed by atoms with E-state index in [0.29, 0.717) is 11.4 Å². The van der Waals surface area contributed by atoms with Crippen LogP contribution in [0.3, 0.4) is 0 Å². The fourth-order valence-corrected chi connectivity index (χ4v) is 4.36. The van der Waals surface area contributed by atoms with Crippen molar-refractivity contribution in [2.24, 2.45) is 0 Å². The molecule has 1 aliphatic rings. The van der Waals surface area contributed by atoms with Gasteiger partial charge >= 0.3 is 5.97 Å². The lowest BCUT2D eigenvalue weighted by Crippen LogP contribution is -2.26. The standard InChI is InChI=1S/C20H24N2O5S/c1-27-16-7-9-17(10-8-16)28(25,26)21-18-14-15(20(23)24)6-11-19(18)22-12-4-2-3-5-13-22/h6-11,14,21H,2-5,12-13H2,1H3,(H,23,24). The Kier molecular flexibility index (Phi) is 6.08. The molecule has 0 saturated carbocycles. The SMILES string of the molecule is COc1ccc(S(=O)(=O)Nc2cc(C(=O)O)ccc2N2CCCCCC2)cc1. The summed E-state index contributed by atoms with van der Waals surface area (Å²) in [6, 6.07) is 10.6. The first kappa shape index (κ1) is 20.0. The molecule has 1 aliphatic heterocycles. The van der Waals surface area contributed by atoms with E-state index in [-0.39, 0.29) is 16.1 Å². The summed E-state index contributed by atoms with van der Waals surface area (Å²) in [6.07, 6.45) is 4.31. The van der Waals surface area contributed by atoms with Gasteiger partial charge in [0.1, 0.15) is 5.75 Å². The Labute approximate surface area is 165 Å². The van der Waals surface area contributed by atoms with Gasteiger partial charge in [0, 0.05) is 13.1 Å². The third-order valence-corrected chi connectivity index (χ3v) is 6.19.